The van der Waals surface area contributed by atoms with Gasteiger partial charge in [0.25, 0.3) is 5.91 Å². The molecule has 3 rings (SSSR count). The molecule has 26 heavy (non-hydrogen) atoms. The van der Waals surface area contributed by atoms with Crippen LogP contribution < -0.4 is 10.4 Å². The Morgan fingerprint density at radius 1 is 1.19 bits per heavy atom. The van der Waals surface area contributed by atoms with Crippen molar-refractivity contribution < 1.29 is 19.1 Å². The number of carbonyl (C=O) groups excluding carboxylic acids is 3. The lowest BCUT2D eigenvalue weighted by atomic mass is 10.0. The average Bonchev–Trinajstić information content (AvgIpc) is 2.89. The van der Waals surface area contributed by atoms with E-state index in [9.17, 15) is 14.4 Å². The van der Waals surface area contributed by atoms with Gasteiger partial charge >= 0.3 is 0 Å². The summed E-state index contributed by atoms with van der Waals surface area (Å²) < 4.78 is 5.26. The normalized spacial score (nSPS) is 21.3. The van der Waals surface area contributed by atoms with E-state index in [0.717, 1.165) is 25.8 Å². The summed E-state index contributed by atoms with van der Waals surface area (Å²) in [5.41, 5.74) is 3.71. The molecule has 2 fully saturated rings. The van der Waals surface area contributed by atoms with Gasteiger partial charge in [0.15, 0.2) is 0 Å². The summed E-state index contributed by atoms with van der Waals surface area (Å²) >= 11 is 0. The summed E-state index contributed by atoms with van der Waals surface area (Å²) in [4.78, 5) is 38.2. The largest absolute Gasteiger partial charge is 0.384 e. The van der Waals surface area contributed by atoms with E-state index in [-0.39, 0.29) is 30.6 Å². The fraction of sp³-hybridized carbons (Fsp3) is 0.526. The summed E-state index contributed by atoms with van der Waals surface area (Å²) in [6.45, 7) is 2.12. The fourth-order valence-corrected chi connectivity index (χ4v) is 3.51. The Morgan fingerprint density at radius 3 is 2.69 bits per heavy atom. The minimum atomic E-state index is -0.182. The highest BCUT2D eigenvalue weighted by Gasteiger charge is 2.26. The number of rotatable bonds is 4. The minimum Gasteiger partial charge on any atom is -0.384 e. The molecule has 2 aliphatic rings. The van der Waals surface area contributed by atoms with Crippen LogP contribution in [-0.4, -0.2) is 49.4 Å². The van der Waals surface area contributed by atoms with Crippen LogP contribution >= 0.6 is 0 Å². The van der Waals surface area contributed by atoms with Crippen molar-refractivity contribution in [2.45, 2.75) is 32.1 Å². The maximum atomic E-state index is 12.8. The standard InChI is InChI=1S/C19H25N3O4/c1-26-13-14-4-2-3-11-21(12-14)19(25)15-5-7-16(8-6-15)22-18(24)10-9-17(23)20-22/h5-8,14H,2-4,9-13H2,1H3,(H,20,23). The topological polar surface area (TPSA) is 79.0 Å². The number of hydrazine groups is 1. The summed E-state index contributed by atoms with van der Waals surface area (Å²) in [7, 11) is 1.69. The Bertz CT molecular complexity index is 674. The maximum Gasteiger partial charge on any atom is 0.253 e. The second-order valence-corrected chi connectivity index (χ2v) is 6.88. The van der Waals surface area contributed by atoms with Gasteiger partial charge in [-0.25, -0.2) is 5.01 Å². The number of carbonyl (C=O) groups is 3. The Morgan fingerprint density at radius 2 is 1.96 bits per heavy atom. The number of nitrogens with zero attached hydrogens (tertiary/aromatic N) is 2. The number of ether oxygens (including phenoxy) is 1. The predicted molar refractivity (Wildman–Crippen MR) is 96.4 cm³/mol. The molecule has 0 aliphatic carbocycles. The molecular weight excluding hydrogens is 334 g/mol. The predicted octanol–water partition coefficient (Wildman–Crippen LogP) is 1.73. The van der Waals surface area contributed by atoms with Gasteiger partial charge in [0.05, 0.1) is 12.3 Å². The SMILES string of the molecule is COCC1CCCCN(C(=O)c2ccc(N3NC(=O)CCC3=O)cc2)C1. The molecule has 0 spiro atoms. The number of hydrogen-bond donors (Lipinski definition) is 1. The number of benzene rings is 1. The molecule has 1 N–H and O–H groups in total. The second kappa shape index (κ2) is 8.31. The van der Waals surface area contributed by atoms with Crippen LogP contribution in [0.4, 0.5) is 5.69 Å². The van der Waals surface area contributed by atoms with Gasteiger partial charge in [0.1, 0.15) is 0 Å². The van der Waals surface area contributed by atoms with Gasteiger partial charge in [-0.2, -0.15) is 0 Å². The van der Waals surface area contributed by atoms with Crippen molar-refractivity contribution in [2.75, 3.05) is 31.8 Å². The second-order valence-electron chi connectivity index (χ2n) is 6.88. The van der Waals surface area contributed by atoms with E-state index in [1.165, 1.54) is 5.01 Å². The third kappa shape index (κ3) is 4.22. The van der Waals surface area contributed by atoms with Gasteiger partial charge < -0.3 is 9.64 Å². The minimum absolute atomic E-state index is 0.00596. The number of methoxy groups -OCH3 is 1. The molecular formula is C19H25N3O4. The fourth-order valence-electron chi connectivity index (χ4n) is 3.51. The van der Waals surface area contributed by atoms with Crippen molar-refractivity contribution in [3.63, 3.8) is 0 Å². The van der Waals surface area contributed by atoms with E-state index in [0.29, 0.717) is 30.3 Å². The van der Waals surface area contributed by atoms with Crippen LogP contribution in [0.15, 0.2) is 24.3 Å². The lowest BCUT2D eigenvalue weighted by Crippen LogP contribution is -2.50. The quantitative estimate of drug-likeness (QED) is 0.888. The van der Waals surface area contributed by atoms with Crippen molar-refractivity contribution in [3.8, 4) is 0 Å². The lowest BCUT2D eigenvalue weighted by molar-refractivity contribution is -0.130. The zero-order valence-corrected chi connectivity index (χ0v) is 15.1. The van der Waals surface area contributed by atoms with Gasteiger partial charge in [0, 0.05) is 38.6 Å². The molecule has 1 aromatic rings. The molecule has 7 nitrogen and oxygen atoms in total. The van der Waals surface area contributed by atoms with Crippen molar-refractivity contribution in [2.24, 2.45) is 5.92 Å². The van der Waals surface area contributed by atoms with Crippen molar-refractivity contribution >= 4 is 23.4 Å². The molecule has 140 valence electrons. The van der Waals surface area contributed by atoms with E-state index < -0.39 is 0 Å². The van der Waals surface area contributed by atoms with Gasteiger partial charge in [-0.1, -0.05) is 6.42 Å². The highest BCUT2D eigenvalue weighted by molar-refractivity contribution is 6.01. The van der Waals surface area contributed by atoms with Crippen LogP contribution in [0, 0.1) is 5.92 Å². The summed E-state index contributed by atoms with van der Waals surface area (Å²) in [6.07, 6.45) is 3.59. The van der Waals surface area contributed by atoms with Gasteiger partial charge in [-0.05, 0) is 43.0 Å². The van der Waals surface area contributed by atoms with E-state index in [4.69, 9.17) is 4.74 Å². The van der Waals surface area contributed by atoms with Gasteiger partial charge in [-0.3, -0.25) is 19.8 Å². The first-order valence-electron chi connectivity index (χ1n) is 9.09. The van der Waals surface area contributed by atoms with Crippen LogP contribution in [0.3, 0.4) is 0 Å². The first-order valence-corrected chi connectivity index (χ1v) is 9.09. The number of amides is 3. The maximum absolute atomic E-state index is 12.8. The molecule has 1 unspecified atom stereocenters. The van der Waals surface area contributed by atoms with Gasteiger partial charge in [0.2, 0.25) is 11.8 Å². The van der Waals surface area contributed by atoms with Crippen LogP contribution in [0.25, 0.3) is 0 Å². The van der Waals surface area contributed by atoms with Crippen LogP contribution in [0.1, 0.15) is 42.5 Å². The van der Waals surface area contributed by atoms with E-state index >= 15 is 0 Å². The summed E-state index contributed by atoms with van der Waals surface area (Å²) in [5, 5.41) is 1.25. The highest BCUT2D eigenvalue weighted by Crippen LogP contribution is 2.21. The molecule has 2 heterocycles. The summed E-state index contributed by atoms with van der Waals surface area (Å²) in [6, 6.07) is 6.81. The van der Waals surface area contributed by atoms with Crippen molar-refractivity contribution in [1.82, 2.24) is 10.3 Å². The zero-order valence-electron chi connectivity index (χ0n) is 15.1. The Kier molecular flexibility index (Phi) is 5.88. The third-order valence-electron chi connectivity index (χ3n) is 4.88. The van der Waals surface area contributed by atoms with Crippen molar-refractivity contribution in [1.29, 1.82) is 0 Å². The molecule has 1 atom stereocenters. The first kappa shape index (κ1) is 18.4. The number of anilines is 1. The molecule has 2 saturated heterocycles. The lowest BCUT2D eigenvalue weighted by Gasteiger charge is -2.27. The zero-order chi connectivity index (χ0) is 18.5. The molecule has 3 amide bonds. The van der Waals surface area contributed by atoms with Crippen LogP contribution in [0.2, 0.25) is 0 Å². The number of hydrogen-bond acceptors (Lipinski definition) is 4. The average molecular weight is 359 g/mol. The Hall–Kier alpha value is -2.41. The van der Waals surface area contributed by atoms with E-state index in [1.807, 2.05) is 4.90 Å². The molecule has 7 heteroatoms. The van der Waals surface area contributed by atoms with Crippen LogP contribution in [0.5, 0.6) is 0 Å². The van der Waals surface area contributed by atoms with Gasteiger partial charge in [-0.15, -0.1) is 0 Å². The number of nitrogens with one attached hydrogen (secondary N) is 1. The molecule has 0 radical (unpaired) electrons. The van der Waals surface area contributed by atoms with E-state index in [2.05, 4.69) is 5.43 Å². The third-order valence-corrected chi connectivity index (χ3v) is 4.88. The molecule has 0 aromatic heterocycles. The molecule has 0 bridgehead atoms. The first-order chi connectivity index (χ1) is 12.6. The molecule has 1 aromatic carbocycles. The van der Waals surface area contributed by atoms with E-state index in [1.54, 1.807) is 31.4 Å². The summed E-state index contributed by atoms with van der Waals surface area (Å²) in [5.74, 6) is 0.0255. The van der Waals surface area contributed by atoms with Crippen LogP contribution in [-0.2, 0) is 14.3 Å². The highest BCUT2D eigenvalue weighted by atomic mass is 16.5. The monoisotopic (exact) mass is 359 g/mol. The number of likely N-dealkylation sites (tertiary alicyclic amines) is 1. The Balaban J connectivity index is 1.70. The molecule has 0 saturated carbocycles. The Labute approximate surface area is 153 Å². The molecule has 2 aliphatic heterocycles. The van der Waals surface area contributed by atoms with Crippen molar-refractivity contribution in [3.05, 3.63) is 29.8 Å². The smallest absolute Gasteiger partial charge is 0.253 e.